The molecule has 4 rings (SSSR count). The standard InChI is InChI=1S/2C18H24O3S.Ca/c2*1-3-5-8-14-10-7-11-15-13-18(22(19,20)21)16(9-6-4-2)12-17(14)15;/h2*7,10-13H,3-6,8-9H2,1-2H3,(H,19,20,21);/q;;+2/p-2. The van der Waals surface area contributed by atoms with Crippen molar-refractivity contribution >= 4 is 79.5 Å². The zero-order valence-electron chi connectivity index (χ0n) is 27.2. The van der Waals surface area contributed by atoms with Crippen LogP contribution >= 0.6 is 0 Å². The number of rotatable bonds is 14. The normalized spacial score (nSPS) is 11.7. The van der Waals surface area contributed by atoms with Crippen molar-refractivity contribution in [2.75, 3.05) is 0 Å². The number of unbranched alkanes of at least 4 members (excludes halogenated alkanes) is 4. The molecule has 0 radical (unpaired) electrons. The molecule has 45 heavy (non-hydrogen) atoms. The first-order chi connectivity index (χ1) is 20.9. The quantitative estimate of drug-likeness (QED) is 0.0976. The first kappa shape index (κ1) is 39.7. The van der Waals surface area contributed by atoms with Gasteiger partial charge in [0.25, 0.3) is 0 Å². The molecule has 9 heteroatoms. The minimum absolute atomic E-state index is 0. The summed E-state index contributed by atoms with van der Waals surface area (Å²) in [6.07, 6.45) is 11.3. The number of benzene rings is 4. The molecule has 0 saturated heterocycles. The molecular weight excluding hydrogens is 633 g/mol. The summed E-state index contributed by atoms with van der Waals surface area (Å²) in [5.41, 5.74) is 3.78. The predicted molar refractivity (Wildman–Crippen MR) is 184 cm³/mol. The molecule has 0 saturated carbocycles. The van der Waals surface area contributed by atoms with Crippen molar-refractivity contribution in [1.29, 1.82) is 0 Å². The summed E-state index contributed by atoms with van der Waals surface area (Å²) < 4.78 is 69.4. The Balaban J connectivity index is 0.000000307. The minimum atomic E-state index is -4.44. The second kappa shape index (κ2) is 18.7. The topological polar surface area (TPSA) is 114 Å². The molecule has 0 aromatic heterocycles. The van der Waals surface area contributed by atoms with Gasteiger partial charge < -0.3 is 9.11 Å². The van der Waals surface area contributed by atoms with Gasteiger partial charge in [-0.25, -0.2) is 16.8 Å². The van der Waals surface area contributed by atoms with Crippen molar-refractivity contribution in [3.63, 3.8) is 0 Å². The minimum Gasteiger partial charge on any atom is -0.744 e. The van der Waals surface area contributed by atoms with Crippen molar-refractivity contribution in [1.82, 2.24) is 0 Å². The van der Waals surface area contributed by atoms with E-state index in [4.69, 9.17) is 0 Å². The van der Waals surface area contributed by atoms with E-state index in [0.717, 1.165) is 85.8 Å². The van der Waals surface area contributed by atoms with Crippen LogP contribution in [0.4, 0.5) is 0 Å². The maximum atomic E-state index is 11.6. The van der Waals surface area contributed by atoms with Gasteiger partial charge in [0, 0.05) is 0 Å². The molecule has 0 amide bonds. The van der Waals surface area contributed by atoms with Crippen LogP contribution in [0.2, 0.25) is 0 Å². The van der Waals surface area contributed by atoms with E-state index >= 15 is 0 Å². The Morgan fingerprint density at radius 3 is 1.09 bits per heavy atom. The summed E-state index contributed by atoms with van der Waals surface area (Å²) in [4.78, 5) is -0.109. The molecule has 0 spiro atoms. The van der Waals surface area contributed by atoms with Gasteiger partial charge in [0.05, 0.1) is 9.79 Å². The third kappa shape index (κ3) is 11.3. The number of fused-ring (bicyclic) bond motifs is 2. The van der Waals surface area contributed by atoms with Crippen molar-refractivity contribution in [3.8, 4) is 0 Å². The summed E-state index contributed by atoms with van der Waals surface area (Å²) in [6, 6.07) is 18.7. The van der Waals surface area contributed by atoms with E-state index in [2.05, 4.69) is 39.8 Å². The zero-order valence-corrected chi connectivity index (χ0v) is 31.1. The Morgan fingerprint density at radius 1 is 0.489 bits per heavy atom. The molecular formula is C36H46CaO6S2. The summed E-state index contributed by atoms with van der Waals surface area (Å²) >= 11 is 0. The molecule has 0 unspecified atom stereocenters. The predicted octanol–water partition coefficient (Wildman–Crippen LogP) is 8.48. The Labute approximate surface area is 300 Å². The summed E-state index contributed by atoms with van der Waals surface area (Å²) in [6.45, 7) is 8.41. The summed E-state index contributed by atoms with van der Waals surface area (Å²) in [5, 5.41) is 3.83. The van der Waals surface area contributed by atoms with Gasteiger partial charge in [0.2, 0.25) is 0 Å². The molecule has 0 fully saturated rings. The van der Waals surface area contributed by atoms with Gasteiger partial charge in [0.15, 0.2) is 0 Å². The van der Waals surface area contributed by atoms with Gasteiger partial charge in [-0.2, -0.15) is 0 Å². The number of hydrogen-bond donors (Lipinski definition) is 0. The van der Waals surface area contributed by atoms with Gasteiger partial charge in [-0.15, -0.1) is 0 Å². The van der Waals surface area contributed by atoms with Crippen LogP contribution in [0, 0.1) is 0 Å². The largest absolute Gasteiger partial charge is 2.00 e. The third-order valence-electron chi connectivity index (χ3n) is 8.04. The average molecular weight is 679 g/mol. The van der Waals surface area contributed by atoms with Crippen LogP contribution in [-0.4, -0.2) is 63.7 Å². The van der Waals surface area contributed by atoms with Gasteiger partial charge in [-0.1, -0.05) is 89.8 Å². The number of aryl methyl sites for hydroxylation is 4. The monoisotopic (exact) mass is 678 g/mol. The van der Waals surface area contributed by atoms with E-state index in [9.17, 15) is 25.9 Å². The molecule has 240 valence electrons. The molecule has 0 aliphatic heterocycles. The zero-order chi connectivity index (χ0) is 32.3. The third-order valence-corrected chi connectivity index (χ3v) is 9.88. The Morgan fingerprint density at radius 2 is 0.800 bits per heavy atom. The maximum Gasteiger partial charge on any atom is 2.00 e. The second-order valence-electron chi connectivity index (χ2n) is 11.5. The van der Waals surface area contributed by atoms with Gasteiger partial charge in [-0.05, 0) is 119 Å². The summed E-state index contributed by atoms with van der Waals surface area (Å²) in [5.74, 6) is 0. The fourth-order valence-corrected chi connectivity index (χ4v) is 7.10. The number of hydrogen-bond acceptors (Lipinski definition) is 6. The van der Waals surface area contributed by atoms with Crippen molar-refractivity contribution < 1.29 is 25.9 Å². The Kier molecular flexibility index (Phi) is 16.5. The average Bonchev–Trinajstić information content (AvgIpc) is 2.99. The fourth-order valence-electron chi connectivity index (χ4n) is 5.59. The van der Waals surface area contributed by atoms with Gasteiger partial charge in [0.1, 0.15) is 20.2 Å². The van der Waals surface area contributed by atoms with E-state index in [0.29, 0.717) is 24.0 Å². The van der Waals surface area contributed by atoms with Crippen molar-refractivity contribution in [2.45, 2.75) is 115 Å². The van der Waals surface area contributed by atoms with E-state index in [-0.39, 0.29) is 47.5 Å². The van der Waals surface area contributed by atoms with Crippen molar-refractivity contribution in [2.24, 2.45) is 0 Å². The van der Waals surface area contributed by atoms with Gasteiger partial charge >= 0.3 is 37.7 Å². The van der Waals surface area contributed by atoms with Crippen LogP contribution in [0.3, 0.4) is 0 Å². The molecule has 0 N–H and O–H groups in total. The Bertz CT molecular complexity index is 1630. The molecule has 4 aromatic rings. The van der Waals surface area contributed by atoms with E-state index in [1.54, 1.807) is 12.1 Å². The Hall–Kier alpha value is -1.52. The van der Waals surface area contributed by atoms with Crippen LogP contribution in [0.5, 0.6) is 0 Å². The molecule has 0 atom stereocenters. The first-order valence-electron chi connectivity index (χ1n) is 15.9. The molecule has 4 aromatic carbocycles. The van der Waals surface area contributed by atoms with Crippen LogP contribution in [0.15, 0.2) is 70.5 Å². The van der Waals surface area contributed by atoms with Crippen LogP contribution in [0.25, 0.3) is 21.5 Å². The fraction of sp³-hybridized carbons (Fsp3) is 0.444. The van der Waals surface area contributed by atoms with E-state index < -0.39 is 20.2 Å². The maximum absolute atomic E-state index is 11.6. The smallest absolute Gasteiger partial charge is 0.744 e. The first-order valence-corrected chi connectivity index (χ1v) is 18.8. The van der Waals surface area contributed by atoms with E-state index in [1.165, 1.54) is 11.1 Å². The van der Waals surface area contributed by atoms with Crippen LogP contribution in [0.1, 0.15) is 101 Å². The molecule has 0 aliphatic rings. The van der Waals surface area contributed by atoms with E-state index in [1.807, 2.05) is 36.4 Å². The second-order valence-corrected chi connectivity index (χ2v) is 14.2. The molecule has 6 nitrogen and oxygen atoms in total. The molecule has 0 heterocycles. The SMILES string of the molecule is CCCCc1cc2c(CCCC)cccc2cc1S(=O)(=O)[O-].CCCCc1cc2c(CCCC)cccc2cc1S(=O)(=O)[O-].[Ca+2]. The molecule has 0 aliphatic carbocycles. The van der Waals surface area contributed by atoms with Crippen LogP contribution < -0.4 is 0 Å². The molecule has 0 bridgehead atoms. The summed E-state index contributed by atoms with van der Waals surface area (Å²) in [7, 11) is -8.87. The van der Waals surface area contributed by atoms with Crippen molar-refractivity contribution in [3.05, 3.63) is 82.9 Å². The van der Waals surface area contributed by atoms with Crippen LogP contribution in [-0.2, 0) is 45.9 Å². The van der Waals surface area contributed by atoms with Gasteiger partial charge in [-0.3, -0.25) is 0 Å².